The van der Waals surface area contributed by atoms with E-state index in [-0.39, 0.29) is 6.04 Å². The molecule has 2 atom stereocenters. The fraction of sp³-hybridized carbons (Fsp3) is 0.571. The van der Waals surface area contributed by atoms with Crippen LogP contribution in [0.3, 0.4) is 0 Å². The molecule has 1 aliphatic heterocycles. The lowest BCUT2D eigenvalue weighted by Gasteiger charge is -2.25. The van der Waals surface area contributed by atoms with Gasteiger partial charge in [-0.05, 0) is 37.8 Å². The Labute approximate surface area is 106 Å². The zero-order valence-electron chi connectivity index (χ0n) is 10.3. The van der Waals surface area contributed by atoms with Crippen LogP contribution >= 0.6 is 0 Å². The Hall–Kier alpha value is -1.00. The number of alkyl halides is 2. The van der Waals surface area contributed by atoms with Gasteiger partial charge in [-0.1, -0.05) is 30.3 Å². The van der Waals surface area contributed by atoms with Gasteiger partial charge in [-0.3, -0.25) is 0 Å². The Morgan fingerprint density at radius 2 is 2.00 bits per heavy atom. The Balaban J connectivity index is 2.01. The van der Waals surface area contributed by atoms with Gasteiger partial charge in [-0.2, -0.15) is 8.78 Å². The van der Waals surface area contributed by atoms with E-state index in [1.165, 1.54) is 0 Å². The van der Waals surface area contributed by atoms with E-state index in [2.05, 4.69) is 5.32 Å². The predicted octanol–water partition coefficient (Wildman–Crippen LogP) is 2.98. The van der Waals surface area contributed by atoms with Crippen molar-refractivity contribution in [3.8, 4) is 0 Å². The second-order valence-corrected chi connectivity index (χ2v) is 4.68. The van der Waals surface area contributed by atoms with Crippen molar-refractivity contribution in [3.05, 3.63) is 35.9 Å². The Bertz CT molecular complexity index is 345. The summed E-state index contributed by atoms with van der Waals surface area (Å²) in [5.74, 6) is 0. The van der Waals surface area contributed by atoms with Crippen LogP contribution in [0, 0.1) is 0 Å². The Morgan fingerprint density at radius 1 is 1.22 bits per heavy atom. The van der Waals surface area contributed by atoms with Gasteiger partial charge in [-0.25, -0.2) is 0 Å². The molecule has 1 aromatic carbocycles. The summed E-state index contributed by atoms with van der Waals surface area (Å²) in [6.45, 7) is -1.81. The third-order valence-corrected chi connectivity index (χ3v) is 3.35. The van der Waals surface area contributed by atoms with Gasteiger partial charge in [0.25, 0.3) is 0 Å². The van der Waals surface area contributed by atoms with Crippen molar-refractivity contribution in [3.63, 3.8) is 0 Å². The number of halogens is 2. The van der Waals surface area contributed by atoms with Crippen LogP contribution in [0.5, 0.6) is 0 Å². The largest absolute Gasteiger partial charge is 0.345 e. The van der Waals surface area contributed by atoms with E-state index >= 15 is 0 Å². The van der Waals surface area contributed by atoms with E-state index in [1.54, 1.807) is 0 Å². The predicted molar refractivity (Wildman–Crippen MR) is 66.7 cm³/mol. The average Bonchev–Trinajstić information content (AvgIpc) is 2.56. The minimum atomic E-state index is -2.69. The van der Waals surface area contributed by atoms with Crippen LogP contribution in [0.4, 0.5) is 8.78 Å². The van der Waals surface area contributed by atoms with E-state index in [1.807, 2.05) is 30.3 Å². The topological polar surface area (TPSA) is 21.3 Å². The maximum atomic E-state index is 12.4. The third-order valence-electron chi connectivity index (χ3n) is 3.35. The quantitative estimate of drug-likeness (QED) is 0.893. The summed E-state index contributed by atoms with van der Waals surface area (Å²) in [7, 11) is 0. The van der Waals surface area contributed by atoms with E-state index in [0.717, 1.165) is 31.4 Å². The number of hydrogen-bond acceptors (Lipinski definition) is 2. The lowest BCUT2D eigenvalue weighted by atomic mass is 9.99. The third kappa shape index (κ3) is 4.03. The smallest absolute Gasteiger partial charge is 0.318 e. The van der Waals surface area contributed by atoms with Crippen LogP contribution < -0.4 is 5.32 Å². The summed E-state index contributed by atoms with van der Waals surface area (Å²) >= 11 is 0. The molecule has 1 aromatic rings. The van der Waals surface area contributed by atoms with E-state index in [4.69, 9.17) is 4.74 Å². The highest BCUT2D eigenvalue weighted by atomic mass is 19.3. The van der Waals surface area contributed by atoms with Gasteiger partial charge in [0.1, 0.15) is 0 Å². The molecule has 0 radical (unpaired) electrons. The van der Waals surface area contributed by atoms with Crippen molar-refractivity contribution in [1.29, 1.82) is 0 Å². The number of nitrogens with one attached hydrogen (secondary N) is 1. The molecule has 2 nitrogen and oxygen atoms in total. The maximum Gasteiger partial charge on any atom is 0.345 e. The molecule has 0 spiro atoms. The lowest BCUT2D eigenvalue weighted by molar-refractivity contribution is -0.170. The summed E-state index contributed by atoms with van der Waals surface area (Å²) < 4.78 is 29.6. The molecule has 0 bridgehead atoms. The fourth-order valence-electron chi connectivity index (χ4n) is 2.46. The Kier molecular flexibility index (Phi) is 5.08. The minimum absolute atomic E-state index is 0.0242. The molecule has 1 N–H and O–H groups in total. The van der Waals surface area contributed by atoms with Crippen LogP contribution in [-0.4, -0.2) is 25.3 Å². The first-order valence-electron chi connectivity index (χ1n) is 6.46. The standard InChI is InChI=1S/C14H19F2NO/c15-14(16)18-13-8-4-5-9-17-12(13)10-11-6-2-1-3-7-11/h1-3,6-7,12-14,17H,4-5,8-10H2. The summed E-state index contributed by atoms with van der Waals surface area (Å²) in [5.41, 5.74) is 1.15. The molecule has 1 fully saturated rings. The molecule has 100 valence electrons. The van der Waals surface area contributed by atoms with Crippen LogP contribution in [0.1, 0.15) is 24.8 Å². The van der Waals surface area contributed by atoms with E-state index in [0.29, 0.717) is 6.42 Å². The van der Waals surface area contributed by atoms with Crippen molar-refractivity contribution < 1.29 is 13.5 Å². The molecule has 0 amide bonds. The van der Waals surface area contributed by atoms with Crippen LogP contribution in [0.25, 0.3) is 0 Å². The molecule has 2 rings (SSSR count). The van der Waals surface area contributed by atoms with Crippen molar-refractivity contribution in [1.82, 2.24) is 5.32 Å². The van der Waals surface area contributed by atoms with Gasteiger partial charge in [0.05, 0.1) is 6.10 Å². The molecular weight excluding hydrogens is 236 g/mol. The van der Waals surface area contributed by atoms with Crippen LogP contribution in [0.2, 0.25) is 0 Å². The Morgan fingerprint density at radius 3 is 2.72 bits per heavy atom. The number of benzene rings is 1. The zero-order valence-corrected chi connectivity index (χ0v) is 10.3. The van der Waals surface area contributed by atoms with Gasteiger partial charge in [0.15, 0.2) is 0 Å². The molecule has 0 aromatic heterocycles. The highest BCUT2D eigenvalue weighted by Gasteiger charge is 2.26. The average molecular weight is 255 g/mol. The van der Waals surface area contributed by atoms with Crippen molar-refractivity contribution in [2.24, 2.45) is 0 Å². The molecular formula is C14H19F2NO. The lowest BCUT2D eigenvalue weighted by Crippen LogP contribution is -2.42. The fourth-order valence-corrected chi connectivity index (χ4v) is 2.46. The minimum Gasteiger partial charge on any atom is -0.318 e. The number of ether oxygens (including phenoxy) is 1. The second-order valence-electron chi connectivity index (χ2n) is 4.68. The molecule has 2 unspecified atom stereocenters. The summed E-state index contributed by atoms with van der Waals surface area (Å²) in [6, 6.07) is 9.91. The first-order valence-corrected chi connectivity index (χ1v) is 6.46. The molecule has 18 heavy (non-hydrogen) atoms. The zero-order chi connectivity index (χ0) is 12.8. The SMILES string of the molecule is FC(F)OC1CCCCNC1Cc1ccccc1. The van der Waals surface area contributed by atoms with Gasteiger partial charge >= 0.3 is 6.61 Å². The van der Waals surface area contributed by atoms with Crippen molar-refractivity contribution in [2.45, 2.75) is 44.4 Å². The molecule has 4 heteroatoms. The monoisotopic (exact) mass is 255 g/mol. The first kappa shape index (κ1) is 13.4. The molecule has 1 aliphatic rings. The highest BCUT2D eigenvalue weighted by molar-refractivity contribution is 5.16. The van der Waals surface area contributed by atoms with Crippen LogP contribution in [-0.2, 0) is 11.2 Å². The van der Waals surface area contributed by atoms with Gasteiger partial charge in [0.2, 0.25) is 0 Å². The van der Waals surface area contributed by atoms with Gasteiger partial charge < -0.3 is 10.1 Å². The number of hydrogen-bond donors (Lipinski definition) is 1. The van der Waals surface area contributed by atoms with Crippen molar-refractivity contribution >= 4 is 0 Å². The molecule has 1 heterocycles. The van der Waals surface area contributed by atoms with E-state index < -0.39 is 12.7 Å². The number of rotatable bonds is 4. The molecule has 0 saturated carbocycles. The van der Waals surface area contributed by atoms with Crippen LogP contribution in [0.15, 0.2) is 30.3 Å². The highest BCUT2D eigenvalue weighted by Crippen LogP contribution is 2.19. The summed E-state index contributed by atoms with van der Waals surface area (Å²) in [4.78, 5) is 0. The van der Waals surface area contributed by atoms with Gasteiger partial charge in [0, 0.05) is 6.04 Å². The second kappa shape index (κ2) is 6.81. The van der Waals surface area contributed by atoms with Crippen molar-refractivity contribution in [2.75, 3.05) is 6.54 Å². The van der Waals surface area contributed by atoms with E-state index in [9.17, 15) is 8.78 Å². The summed E-state index contributed by atoms with van der Waals surface area (Å²) in [6.07, 6.45) is 3.00. The normalized spacial score (nSPS) is 25.1. The maximum absolute atomic E-state index is 12.4. The summed E-state index contributed by atoms with van der Waals surface area (Å²) in [5, 5.41) is 3.33. The van der Waals surface area contributed by atoms with Gasteiger partial charge in [-0.15, -0.1) is 0 Å². The molecule has 0 aliphatic carbocycles. The molecule has 1 saturated heterocycles. The first-order chi connectivity index (χ1) is 8.75.